The molecule has 0 spiro atoms. The fraction of sp³-hybridized carbons (Fsp3) is 0.286. The highest BCUT2D eigenvalue weighted by Crippen LogP contribution is 2.37. The van der Waals surface area contributed by atoms with Crippen LogP contribution in [0.25, 0.3) is 5.70 Å². The number of benzene rings is 2. The number of nitrogens with one attached hydrogen (secondary N) is 2. The van der Waals surface area contributed by atoms with Gasteiger partial charge in [0.2, 0.25) is 5.82 Å². The van der Waals surface area contributed by atoms with Gasteiger partial charge in [0.15, 0.2) is 5.82 Å². The number of halogens is 3. The molecule has 12 heteroatoms. The Kier molecular flexibility index (Phi) is 11.6. The summed E-state index contributed by atoms with van der Waals surface area (Å²) >= 11 is 0. The van der Waals surface area contributed by atoms with Gasteiger partial charge in [0, 0.05) is 5.56 Å². The van der Waals surface area contributed by atoms with E-state index in [0.717, 1.165) is 16.7 Å². The van der Waals surface area contributed by atoms with Gasteiger partial charge in [-0.25, -0.2) is 22.9 Å². The second kappa shape index (κ2) is 14.4. The van der Waals surface area contributed by atoms with Crippen molar-refractivity contribution in [3.63, 3.8) is 0 Å². The first-order valence-electron chi connectivity index (χ1n) is 12.4. The fourth-order valence-electron chi connectivity index (χ4n) is 3.97. The summed E-state index contributed by atoms with van der Waals surface area (Å²) in [6.07, 6.45) is 0. The van der Waals surface area contributed by atoms with Crippen LogP contribution in [-0.2, 0) is 16.2 Å². The molecular formula is C28H32F3N4O4P. The van der Waals surface area contributed by atoms with Crippen LogP contribution in [0.1, 0.15) is 70.2 Å². The molecule has 1 aromatic heterocycles. The van der Waals surface area contributed by atoms with Crippen molar-refractivity contribution < 1.29 is 32.3 Å². The van der Waals surface area contributed by atoms with Gasteiger partial charge < -0.3 is 15.4 Å². The van der Waals surface area contributed by atoms with Gasteiger partial charge in [-0.15, -0.1) is 9.24 Å². The quantitative estimate of drug-likeness (QED) is 0.227. The molecule has 2 aromatic carbocycles. The summed E-state index contributed by atoms with van der Waals surface area (Å²) in [5, 5.41) is 5.19. The lowest BCUT2D eigenvalue weighted by Crippen LogP contribution is -2.39. The number of ether oxygens (including phenoxy) is 1. The Labute approximate surface area is 233 Å². The summed E-state index contributed by atoms with van der Waals surface area (Å²) in [4.78, 5) is 42.6. The summed E-state index contributed by atoms with van der Waals surface area (Å²) in [5.74, 6) is -4.31. The first-order valence-corrected chi connectivity index (χ1v) is 13.6. The lowest BCUT2D eigenvalue weighted by molar-refractivity contribution is -0.116. The number of rotatable bonds is 6. The number of aromatic nitrogens is 2. The monoisotopic (exact) mass is 576 g/mol. The highest BCUT2D eigenvalue weighted by molar-refractivity contribution is 7.15. The maximum atomic E-state index is 14.2. The summed E-state index contributed by atoms with van der Waals surface area (Å²) in [6, 6.07) is 5.96. The van der Waals surface area contributed by atoms with Crippen LogP contribution in [0.5, 0.6) is 0 Å². The van der Waals surface area contributed by atoms with Crippen LogP contribution in [-0.4, -0.2) is 40.6 Å². The number of amides is 2. The molecule has 2 N–H and O–H groups in total. The zero-order valence-corrected chi connectivity index (χ0v) is 24.1. The molecule has 2 amide bonds. The fourth-order valence-corrected chi connectivity index (χ4v) is 3.97. The number of aryl methyl sites for hydroxylation is 1. The number of alkyl halides is 1. The minimum absolute atomic E-state index is 0.00310. The number of fused-ring (bicyclic) bond motifs is 1. The van der Waals surface area contributed by atoms with Crippen molar-refractivity contribution >= 4 is 38.5 Å². The molecule has 40 heavy (non-hydrogen) atoms. The summed E-state index contributed by atoms with van der Waals surface area (Å²) in [5.41, 5.74) is 0.624. The smallest absolute Gasteiger partial charge is 0.375 e. The molecule has 3 aromatic rings. The first kappa shape index (κ1) is 32.2. The molecule has 2 heterocycles. The first-order chi connectivity index (χ1) is 19.1. The van der Waals surface area contributed by atoms with E-state index in [2.05, 4.69) is 31.4 Å². The number of imidazole rings is 1. The zero-order valence-electron chi connectivity index (χ0n) is 22.9. The second-order valence-corrected chi connectivity index (χ2v) is 8.02. The molecule has 0 saturated heterocycles. The van der Waals surface area contributed by atoms with E-state index in [0.29, 0.717) is 11.1 Å². The molecule has 0 radical (unpaired) electrons. The van der Waals surface area contributed by atoms with E-state index in [1.165, 1.54) is 24.3 Å². The van der Waals surface area contributed by atoms with Crippen LogP contribution in [0.2, 0.25) is 0 Å². The largest absolute Gasteiger partial charge is 0.460 e. The van der Waals surface area contributed by atoms with Crippen molar-refractivity contribution in [3.8, 4) is 0 Å². The lowest BCUT2D eigenvalue weighted by atomic mass is 9.96. The predicted octanol–water partition coefficient (Wildman–Crippen LogP) is 5.58. The average molecular weight is 577 g/mol. The third-order valence-corrected chi connectivity index (χ3v) is 5.61. The highest BCUT2D eigenvalue weighted by atomic mass is 31.0. The topological polar surface area (TPSA) is 102 Å². The van der Waals surface area contributed by atoms with E-state index < -0.39 is 42.1 Å². The van der Waals surface area contributed by atoms with Gasteiger partial charge in [0.1, 0.15) is 24.0 Å². The van der Waals surface area contributed by atoms with Crippen LogP contribution in [0.3, 0.4) is 0 Å². The Bertz CT molecular complexity index is 1420. The highest BCUT2D eigenvalue weighted by Gasteiger charge is 2.38. The van der Waals surface area contributed by atoms with Crippen molar-refractivity contribution in [1.29, 1.82) is 0 Å². The molecule has 214 valence electrons. The number of anilines is 1. The minimum Gasteiger partial charge on any atom is -0.460 e. The van der Waals surface area contributed by atoms with Gasteiger partial charge in [-0.1, -0.05) is 33.2 Å². The molecule has 1 aliphatic rings. The van der Waals surface area contributed by atoms with E-state index in [1.54, 1.807) is 13.8 Å². The molecule has 0 saturated carbocycles. The minimum atomic E-state index is -1.04. The number of nitrogens with zero attached hydrogens (tertiary/aromatic N) is 2. The number of carbonyl (C=O) groups excluding carboxylic acids is 3. The SMILES string of the molecule is C=C1C(=O)NC(c2cc(F)ccc2C)c2c(NC(=O)c3cc(F)cc(CF)c3)nc(C(=O)OCC)n21.CC.CP. The molecule has 0 aliphatic carbocycles. The Morgan fingerprint density at radius 2 is 1.82 bits per heavy atom. The number of esters is 1. The van der Waals surface area contributed by atoms with Crippen LogP contribution < -0.4 is 10.6 Å². The molecule has 0 bridgehead atoms. The average Bonchev–Trinajstić information content (AvgIpc) is 3.33. The van der Waals surface area contributed by atoms with Gasteiger partial charge >= 0.3 is 5.97 Å². The van der Waals surface area contributed by atoms with Gasteiger partial charge in [0.05, 0.1) is 18.3 Å². The summed E-state index contributed by atoms with van der Waals surface area (Å²) < 4.78 is 47.4. The summed E-state index contributed by atoms with van der Waals surface area (Å²) in [7, 11) is 2.42. The van der Waals surface area contributed by atoms with E-state index in [4.69, 9.17) is 4.74 Å². The van der Waals surface area contributed by atoms with Gasteiger partial charge in [0.25, 0.3) is 11.8 Å². The third-order valence-electron chi connectivity index (χ3n) is 5.61. The number of hydrogen-bond acceptors (Lipinski definition) is 5. The summed E-state index contributed by atoms with van der Waals surface area (Å²) in [6.45, 7) is 11.9. The van der Waals surface area contributed by atoms with Gasteiger partial charge in [-0.2, -0.15) is 0 Å². The maximum Gasteiger partial charge on any atom is 0.375 e. The maximum absolute atomic E-state index is 14.2. The Hall–Kier alpha value is -3.98. The molecule has 0 fully saturated rings. The van der Waals surface area contributed by atoms with Crippen molar-refractivity contribution in [1.82, 2.24) is 14.9 Å². The van der Waals surface area contributed by atoms with Crippen LogP contribution in [0.4, 0.5) is 19.0 Å². The van der Waals surface area contributed by atoms with Crippen molar-refractivity contribution in [3.05, 3.63) is 88.4 Å². The third kappa shape index (κ3) is 6.77. The van der Waals surface area contributed by atoms with Crippen molar-refractivity contribution in [2.24, 2.45) is 0 Å². The van der Waals surface area contributed by atoms with E-state index in [1.807, 2.05) is 20.5 Å². The van der Waals surface area contributed by atoms with Crippen molar-refractivity contribution in [2.75, 3.05) is 18.6 Å². The normalized spacial score (nSPS) is 13.6. The van der Waals surface area contributed by atoms with Gasteiger partial charge in [-0.05, 0) is 60.9 Å². The van der Waals surface area contributed by atoms with Crippen molar-refractivity contribution in [2.45, 2.75) is 40.4 Å². The van der Waals surface area contributed by atoms with E-state index in [9.17, 15) is 27.6 Å². The molecule has 4 rings (SSSR count). The van der Waals surface area contributed by atoms with E-state index >= 15 is 0 Å². The standard InChI is InChI=1S/C25H21F3N4O4.C2H6.CH5P/c1-4-36-25(35)22-30-21(31-24(34)15-7-14(11-26)8-17(28)9-15)20-19(29-23(33)13(3)32(20)22)18-10-16(27)6-5-12(18)2;2*1-2/h5-10,19H,3-4,11H2,1-2H3,(H,29,33)(H,31,34);1-2H3;2H2,1H3. The molecule has 2 atom stereocenters. The number of carbonyl (C=O) groups is 3. The Morgan fingerprint density at radius 3 is 2.45 bits per heavy atom. The lowest BCUT2D eigenvalue weighted by Gasteiger charge is -2.29. The van der Waals surface area contributed by atoms with Crippen LogP contribution >= 0.6 is 9.24 Å². The molecular weight excluding hydrogens is 544 g/mol. The van der Waals surface area contributed by atoms with E-state index in [-0.39, 0.29) is 40.8 Å². The molecule has 1 aliphatic heterocycles. The van der Waals surface area contributed by atoms with Gasteiger partial charge in [-0.3, -0.25) is 14.2 Å². The van der Waals surface area contributed by atoms with Crippen LogP contribution in [0.15, 0.2) is 43.0 Å². The molecule has 8 nitrogen and oxygen atoms in total. The zero-order chi connectivity index (χ0) is 30.1. The molecule has 2 unspecified atom stereocenters. The second-order valence-electron chi connectivity index (χ2n) is 8.02. The Balaban J connectivity index is 0.00000134. The predicted molar refractivity (Wildman–Crippen MR) is 151 cm³/mol. The number of hydrogen-bond donors (Lipinski definition) is 2. The van der Waals surface area contributed by atoms with Crippen LogP contribution in [0, 0.1) is 18.6 Å². The Morgan fingerprint density at radius 1 is 1.15 bits per heavy atom.